The summed E-state index contributed by atoms with van der Waals surface area (Å²) in [6.45, 7) is 1.15. The second kappa shape index (κ2) is 11.4. The quantitative estimate of drug-likeness (QED) is 0.215. The molecule has 3 N–H and O–H groups in total. The molecule has 0 unspecified atom stereocenters. The van der Waals surface area contributed by atoms with Crippen molar-refractivity contribution in [2.75, 3.05) is 60.1 Å². The van der Waals surface area contributed by atoms with E-state index in [1.165, 1.54) is 4.90 Å². The predicted molar refractivity (Wildman–Crippen MR) is 71.5 cm³/mol. The first-order valence-corrected chi connectivity index (χ1v) is 6.31. The van der Waals surface area contributed by atoms with Gasteiger partial charge in [0, 0.05) is 26.2 Å². The van der Waals surface area contributed by atoms with Crippen LogP contribution < -0.4 is 0 Å². The standard InChI is InChI=1S/C11H23N3O7/c1-12(2)3-4-13(7-10(15)16)5-6-14(8-11(17)18)9-20-21-19/h19H,3-9H2,1-2H3,(H,15,16)(H,17,18). The molecule has 0 fully saturated rings. The number of carboxylic acids is 2. The Hall–Kier alpha value is -1.30. The lowest BCUT2D eigenvalue weighted by molar-refractivity contribution is -0.499. The lowest BCUT2D eigenvalue weighted by Crippen LogP contribution is -2.42. The molecule has 0 saturated heterocycles. The monoisotopic (exact) mass is 309 g/mol. The summed E-state index contributed by atoms with van der Waals surface area (Å²) in [5.74, 6) is -2.01. The minimum absolute atomic E-state index is 0.133. The molecule has 0 aromatic heterocycles. The van der Waals surface area contributed by atoms with Gasteiger partial charge in [-0.1, -0.05) is 5.04 Å². The van der Waals surface area contributed by atoms with Gasteiger partial charge in [0.25, 0.3) is 0 Å². The fraction of sp³-hybridized carbons (Fsp3) is 0.818. The van der Waals surface area contributed by atoms with Crippen LogP contribution in [-0.2, 0) is 19.5 Å². The van der Waals surface area contributed by atoms with Crippen molar-refractivity contribution in [3.8, 4) is 0 Å². The number of carboxylic acid groups (broad SMARTS) is 2. The number of hydrogen-bond donors (Lipinski definition) is 3. The Labute approximate surface area is 122 Å². The minimum Gasteiger partial charge on any atom is -0.480 e. The van der Waals surface area contributed by atoms with E-state index in [1.54, 1.807) is 4.90 Å². The third-order valence-corrected chi connectivity index (χ3v) is 2.60. The Balaban J connectivity index is 4.35. The summed E-state index contributed by atoms with van der Waals surface area (Å²) in [5, 5.41) is 29.2. The molecule has 0 heterocycles. The molecule has 10 heteroatoms. The molecule has 0 aliphatic heterocycles. The van der Waals surface area contributed by atoms with Gasteiger partial charge in [-0.15, -0.1) is 0 Å². The van der Waals surface area contributed by atoms with E-state index in [-0.39, 0.29) is 26.4 Å². The van der Waals surface area contributed by atoms with E-state index in [4.69, 9.17) is 15.5 Å². The fourth-order valence-electron chi connectivity index (χ4n) is 1.56. The summed E-state index contributed by atoms with van der Waals surface area (Å²) in [6.07, 6.45) is 0. The summed E-state index contributed by atoms with van der Waals surface area (Å²) >= 11 is 0. The lowest BCUT2D eigenvalue weighted by Gasteiger charge is -2.25. The van der Waals surface area contributed by atoms with Crippen molar-refractivity contribution in [3.05, 3.63) is 0 Å². The molecule has 0 bridgehead atoms. The molecule has 0 spiro atoms. The maximum atomic E-state index is 10.8. The van der Waals surface area contributed by atoms with Gasteiger partial charge in [-0.3, -0.25) is 19.4 Å². The smallest absolute Gasteiger partial charge is 0.317 e. The van der Waals surface area contributed by atoms with Crippen molar-refractivity contribution in [3.63, 3.8) is 0 Å². The summed E-state index contributed by atoms with van der Waals surface area (Å²) < 4.78 is 0. The van der Waals surface area contributed by atoms with Crippen LogP contribution in [0.25, 0.3) is 0 Å². The molecule has 0 radical (unpaired) electrons. The Morgan fingerprint density at radius 2 is 1.38 bits per heavy atom. The third kappa shape index (κ3) is 12.2. The highest BCUT2D eigenvalue weighted by Crippen LogP contribution is 1.95. The Bertz CT molecular complexity index is 314. The molecule has 0 amide bonds. The van der Waals surface area contributed by atoms with Gasteiger partial charge in [0.1, 0.15) is 6.73 Å². The van der Waals surface area contributed by atoms with Crippen LogP contribution in [0, 0.1) is 0 Å². The maximum Gasteiger partial charge on any atom is 0.317 e. The van der Waals surface area contributed by atoms with E-state index >= 15 is 0 Å². The van der Waals surface area contributed by atoms with Gasteiger partial charge in [0.05, 0.1) is 13.1 Å². The first-order valence-electron chi connectivity index (χ1n) is 6.31. The summed E-state index contributed by atoms with van der Waals surface area (Å²) in [6, 6.07) is 0. The number of carbonyl (C=O) groups is 2. The summed E-state index contributed by atoms with van der Waals surface area (Å²) in [5.41, 5.74) is 0. The number of rotatable bonds is 13. The number of likely N-dealkylation sites (N-methyl/N-ethyl adjacent to an activating group) is 1. The molecule has 10 nitrogen and oxygen atoms in total. The van der Waals surface area contributed by atoms with Crippen LogP contribution in [0.1, 0.15) is 0 Å². The minimum atomic E-state index is -1.06. The Kier molecular flexibility index (Phi) is 10.7. The zero-order chi connectivity index (χ0) is 16.3. The SMILES string of the molecule is CN(C)CCN(CCN(COOO)CC(=O)O)CC(=O)O. The zero-order valence-corrected chi connectivity index (χ0v) is 12.3. The molecule has 0 aliphatic carbocycles. The largest absolute Gasteiger partial charge is 0.480 e. The van der Waals surface area contributed by atoms with Gasteiger partial charge in [0.15, 0.2) is 0 Å². The van der Waals surface area contributed by atoms with Gasteiger partial charge in [-0.25, -0.2) is 5.26 Å². The van der Waals surface area contributed by atoms with Crippen LogP contribution in [0.3, 0.4) is 0 Å². The topological polar surface area (TPSA) is 123 Å². The first-order chi connectivity index (χ1) is 9.85. The molecule has 0 aromatic carbocycles. The van der Waals surface area contributed by atoms with Crippen molar-refractivity contribution in [2.45, 2.75) is 0 Å². The van der Waals surface area contributed by atoms with Gasteiger partial charge in [0.2, 0.25) is 0 Å². The van der Waals surface area contributed by atoms with Crippen LogP contribution >= 0.6 is 0 Å². The normalized spacial score (nSPS) is 11.5. The first kappa shape index (κ1) is 19.7. The maximum absolute atomic E-state index is 10.8. The van der Waals surface area contributed by atoms with Crippen molar-refractivity contribution in [1.29, 1.82) is 0 Å². The van der Waals surface area contributed by atoms with E-state index < -0.39 is 11.9 Å². The van der Waals surface area contributed by atoms with Crippen molar-refractivity contribution < 1.29 is 35.0 Å². The van der Waals surface area contributed by atoms with Gasteiger partial charge < -0.3 is 15.1 Å². The van der Waals surface area contributed by atoms with E-state index in [0.717, 1.165) is 0 Å². The Morgan fingerprint density at radius 3 is 1.86 bits per heavy atom. The Morgan fingerprint density at radius 1 is 0.905 bits per heavy atom. The molecule has 0 rings (SSSR count). The van der Waals surface area contributed by atoms with Gasteiger partial charge >= 0.3 is 11.9 Å². The molecule has 0 aromatic rings. The zero-order valence-electron chi connectivity index (χ0n) is 12.3. The van der Waals surface area contributed by atoms with Crippen molar-refractivity contribution in [2.24, 2.45) is 0 Å². The van der Waals surface area contributed by atoms with Crippen LogP contribution in [-0.4, -0.2) is 102 Å². The van der Waals surface area contributed by atoms with E-state index in [0.29, 0.717) is 19.6 Å². The van der Waals surface area contributed by atoms with Crippen molar-refractivity contribution in [1.82, 2.24) is 14.7 Å². The van der Waals surface area contributed by atoms with Gasteiger partial charge in [-0.05, 0) is 14.1 Å². The third-order valence-electron chi connectivity index (χ3n) is 2.60. The van der Waals surface area contributed by atoms with E-state index in [2.05, 4.69) is 9.93 Å². The summed E-state index contributed by atoms with van der Waals surface area (Å²) in [4.78, 5) is 30.8. The molecular weight excluding hydrogens is 286 g/mol. The summed E-state index contributed by atoms with van der Waals surface area (Å²) in [7, 11) is 3.75. The second-order valence-corrected chi connectivity index (χ2v) is 4.74. The average molecular weight is 309 g/mol. The highest BCUT2D eigenvalue weighted by Gasteiger charge is 2.15. The molecule has 124 valence electrons. The molecule has 21 heavy (non-hydrogen) atoms. The van der Waals surface area contributed by atoms with Crippen LogP contribution in [0.2, 0.25) is 0 Å². The van der Waals surface area contributed by atoms with Crippen molar-refractivity contribution >= 4 is 11.9 Å². The van der Waals surface area contributed by atoms with Gasteiger partial charge in [-0.2, -0.15) is 4.89 Å². The molecular formula is C11H23N3O7. The fourth-order valence-corrected chi connectivity index (χ4v) is 1.56. The van der Waals surface area contributed by atoms with Crippen LogP contribution in [0.15, 0.2) is 0 Å². The average Bonchev–Trinajstić information content (AvgIpc) is 2.37. The van der Waals surface area contributed by atoms with E-state index in [1.807, 2.05) is 19.0 Å². The highest BCUT2D eigenvalue weighted by atomic mass is 17.5. The number of hydrogen-bond acceptors (Lipinski definition) is 8. The van der Waals surface area contributed by atoms with Crippen LogP contribution in [0.5, 0.6) is 0 Å². The van der Waals surface area contributed by atoms with Crippen LogP contribution in [0.4, 0.5) is 0 Å². The highest BCUT2D eigenvalue weighted by molar-refractivity contribution is 5.69. The molecule has 0 aliphatic rings. The predicted octanol–water partition coefficient (Wildman–Crippen LogP) is -1.30. The number of nitrogens with zero attached hydrogens (tertiary/aromatic N) is 3. The van der Waals surface area contributed by atoms with E-state index in [9.17, 15) is 9.59 Å². The lowest BCUT2D eigenvalue weighted by atomic mass is 10.4. The molecule has 0 saturated carbocycles. The number of aliphatic carboxylic acids is 2. The second-order valence-electron chi connectivity index (χ2n) is 4.74. The molecule has 0 atom stereocenters.